The van der Waals surface area contributed by atoms with Gasteiger partial charge in [-0.3, -0.25) is 10.1 Å². The van der Waals surface area contributed by atoms with Crippen LogP contribution >= 0.6 is 34.5 Å². The molecule has 0 saturated heterocycles. The van der Waals surface area contributed by atoms with Crippen molar-refractivity contribution in [1.82, 2.24) is 4.98 Å². The summed E-state index contributed by atoms with van der Waals surface area (Å²) in [5.41, 5.74) is 5.87. The highest BCUT2D eigenvalue weighted by atomic mass is 35.5. The maximum absolute atomic E-state index is 11.1. The Morgan fingerprint density at radius 2 is 2.15 bits per heavy atom. The molecule has 2 atom stereocenters. The first-order chi connectivity index (χ1) is 9.41. The molecule has 2 heterocycles. The smallest absolute Gasteiger partial charge is 0.314 e. The number of alkyl halides is 1. The Kier molecular flexibility index (Phi) is 4.47. The SMILES string of the molecule is CC(c1ccnc(N)c1[N+](=O)[O-])C(Cl)c1ccc(Cl)s1. The van der Waals surface area contributed by atoms with Crippen molar-refractivity contribution in [2.24, 2.45) is 0 Å². The number of nitrogens with two attached hydrogens (primary N) is 1. The van der Waals surface area contributed by atoms with E-state index in [4.69, 9.17) is 28.9 Å². The first-order valence-corrected chi connectivity index (χ1v) is 7.33. The number of nitrogen functional groups attached to an aromatic ring is 1. The summed E-state index contributed by atoms with van der Waals surface area (Å²) in [7, 11) is 0. The average molecular weight is 332 g/mol. The molecule has 0 aromatic carbocycles. The normalized spacial score (nSPS) is 13.9. The minimum absolute atomic E-state index is 0.104. The van der Waals surface area contributed by atoms with Gasteiger partial charge in [0, 0.05) is 22.6 Å². The molecule has 2 rings (SSSR count). The number of thiophene rings is 1. The number of pyridine rings is 1. The first kappa shape index (κ1) is 15.0. The highest BCUT2D eigenvalue weighted by Crippen LogP contribution is 2.43. The highest BCUT2D eigenvalue weighted by molar-refractivity contribution is 7.16. The minimum atomic E-state index is -0.529. The lowest BCUT2D eigenvalue weighted by molar-refractivity contribution is -0.385. The molecule has 0 saturated carbocycles. The van der Waals surface area contributed by atoms with Crippen LogP contribution < -0.4 is 5.73 Å². The van der Waals surface area contributed by atoms with E-state index >= 15 is 0 Å². The van der Waals surface area contributed by atoms with E-state index in [2.05, 4.69) is 4.98 Å². The molecular formula is C12H11Cl2N3O2S. The van der Waals surface area contributed by atoms with Crippen LogP contribution in [-0.2, 0) is 0 Å². The zero-order valence-electron chi connectivity index (χ0n) is 10.4. The highest BCUT2D eigenvalue weighted by Gasteiger charge is 2.28. The molecule has 5 nitrogen and oxygen atoms in total. The van der Waals surface area contributed by atoms with Gasteiger partial charge in [0.05, 0.1) is 14.6 Å². The number of rotatable bonds is 4. The molecule has 0 fully saturated rings. The summed E-state index contributed by atoms with van der Waals surface area (Å²) in [6.45, 7) is 1.81. The Labute approximate surface area is 129 Å². The second-order valence-electron chi connectivity index (χ2n) is 4.22. The number of halogens is 2. The van der Waals surface area contributed by atoms with Crippen LogP contribution in [0.3, 0.4) is 0 Å². The van der Waals surface area contributed by atoms with Crippen molar-refractivity contribution < 1.29 is 4.92 Å². The molecule has 2 N–H and O–H groups in total. The van der Waals surface area contributed by atoms with Crippen LogP contribution in [-0.4, -0.2) is 9.91 Å². The fourth-order valence-corrected chi connectivity index (χ4v) is 3.42. The molecule has 20 heavy (non-hydrogen) atoms. The van der Waals surface area contributed by atoms with Crippen LogP contribution in [0, 0.1) is 10.1 Å². The second kappa shape index (κ2) is 5.95. The monoisotopic (exact) mass is 331 g/mol. The summed E-state index contributed by atoms with van der Waals surface area (Å²) in [5.74, 6) is -0.399. The third-order valence-corrected chi connectivity index (χ3v) is 5.02. The minimum Gasteiger partial charge on any atom is -0.378 e. The predicted octanol–water partition coefficient (Wildman–Crippen LogP) is 4.37. The Morgan fingerprint density at radius 1 is 1.45 bits per heavy atom. The molecule has 106 valence electrons. The van der Waals surface area contributed by atoms with E-state index in [1.807, 2.05) is 13.0 Å². The molecule has 2 unspecified atom stereocenters. The van der Waals surface area contributed by atoms with Crippen LogP contribution in [0.25, 0.3) is 0 Å². The Morgan fingerprint density at radius 3 is 2.70 bits per heavy atom. The number of hydrogen-bond donors (Lipinski definition) is 1. The molecule has 0 spiro atoms. The number of hydrogen-bond acceptors (Lipinski definition) is 5. The largest absolute Gasteiger partial charge is 0.378 e. The Bertz CT molecular complexity index is 647. The van der Waals surface area contributed by atoms with E-state index in [1.54, 1.807) is 12.1 Å². The molecule has 0 aliphatic carbocycles. The topological polar surface area (TPSA) is 82.0 Å². The summed E-state index contributed by atoms with van der Waals surface area (Å²) in [6, 6.07) is 5.14. The standard InChI is InChI=1S/C12H11Cl2N3O2S/c1-6(10(14)8-2-3-9(13)20-8)7-4-5-16-12(15)11(7)17(18)19/h2-6,10H,1H3,(H2,15,16). The van der Waals surface area contributed by atoms with Gasteiger partial charge in [-0.2, -0.15) is 0 Å². The van der Waals surface area contributed by atoms with E-state index in [9.17, 15) is 10.1 Å². The van der Waals surface area contributed by atoms with Crippen molar-refractivity contribution in [3.63, 3.8) is 0 Å². The van der Waals surface area contributed by atoms with E-state index in [-0.39, 0.29) is 17.4 Å². The Hall–Kier alpha value is -1.37. The molecule has 2 aromatic rings. The van der Waals surface area contributed by atoms with E-state index in [0.717, 1.165) is 4.88 Å². The van der Waals surface area contributed by atoms with Gasteiger partial charge < -0.3 is 5.73 Å². The summed E-state index contributed by atoms with van der Waals surface area (Å²) < 4.78 is 0.626. The van der Waals surface area contributed by atoms with Crippen LogP contribution in [0.4, 0.5) is 11.5 Å². The molecule has 0 aliphatic heterocycles. The molecule has 0 radical (unpaired) electrons. The quantitative estimate of drug-likeness (QED) is 0.512. The lowest BCUT2D eigenvalue weighted by Gasteiger charge is -2.17. The van der Waals surface area contributed by atoms with Crippen molar-refractivity contribution >= 4 is 46.0 Å². The van der Waals surface area contributed by atoms with E-state index in [0.29, 0.717) is 9.90 Å². The summed E-state index contributed by atoms with van der Waals surface area (Å²) in [6.07, 6.45) is 1.44. The van der Waals surface area contributed by atoms with Gasteiger partial charge in [-0.15, -0.1) is 22.9 Å². The molecule has 0 bridgehead atoms. The van der Waals surface area contributed by atoms with Gasteiger partial charge in [-0.1, -0.05) is 18.5 Å². The van der Waals surface area contributed by atoms with Crippen molar-refractivity contribution in [2.75, 3.05) is 5.73 Å². The van der Waals surface area contributed by atoms with Gasteiger partial charge in [0.15, 0.2) is 0 Å². The summed E-state index contributed by atoms with van der Waals surface area (Å²) in [4.78, 5) is 15.2. The number of nitrogens with zero attached hydrogens (tertiary/aromatic N) is 2. The van der Waals surface area contributed by atoms with Gasteiger partial charge in [0.1, 0.15) is 0 Å². The Balaban J connectivity index is 2.41. The number of anilines is 1. The second-order valence-corrected chi connectivity index (χ2v) is 6.44. The zero-order chi connectivity index (χ0) is 14.9. The van der Waals surface area contributed by atoms with Crippen LogP contribution in [0.1, 0.15) is 28.7 Å². The molecule has 2 aromatic heterocycles. The molecule has 8 heteroatoms. The molecule has 0 amide bonds. The van der Waals surface area contributed by atoms with E-state index < -0.39 is 10.3 Å². The fourth-order valence-electron chi connectivity index (χ4n) is 1.93. The van der Waals surface area contributed by atoms with Crippen LogP contribution in [0.5, 0.6) is 0 Å². The van der Waals surface area contributed by atoms with Crippen molar-refractivity contribution in [2.45, 2.75) is 18.2 Å². The van der Waals surface area contributed by atoms with Gasteiger partial charge >= 0.3 is 5.69 Å². The molecule has 0 aliphatic rings. The van der Waals surface area contributed by atoms with Crippen molar-refractivity contribution in [3.05, 3.63) is 49.3 Å². The summed E-state index contributed by atoms with van der Waals surface area (Å²) in [5, 5.41) is 10.7. The predicted molar refractivity (Wildman–Crippen MR) is 81.6 cm³/mol. The maximum Gasteiger partial charge on any atom is 0.314 e. The van der Waals surface area contributed by atoms with Crippen molar-refractivity contribution in [1.29, 1.82) is 0 Å². The van der Waals surface area contributed by atoms with Crippen molar-refractivity contribution in [3.8, 4) is 0 Å². The maximum atomic E-state index is 11.1. The van der Waals surface area contributed by atoms with Gasteiger partial charge in [-0.05, 0) is 18.2 Å². The molecular weight excluding hydrogens is 321 g/mol. The third-order valence-electron chi connectivity index (χ3n) is 2.96. The average Bonchev–Trinajstić information content (AvgIpc) is 2.83. The fraction of sp³-hybridized carbons (Fsp3) is 0.250. The number of nitro groups is 1. The van der Waals surface area contributed by atoms with Crippen LogP contribution in [0.2, 0.25) is 4.34 Å². The first-order valence-electron chi connectivity index (χ1n) is 5.70. The zero-order valence-corrected chi connectivity index (χ0v) is 12.7. The van der Waals surface area contributed by atoms with Gasteiger partial charge in [0.2, 0.25) is 5.82 Å². The third kappa shape index (κ3) is 2.87. The lowest BCUT2D eigenvalue weighted by atomic mass is 9.96. The lowest BCUT2D eigenvalue weighted by Crippen LogP contribution is -2.08. The summed E-state index contributed by atoms with van der Waals surface area (Å²) >= 11 is 13.6. The van der Waals surface area contributed by atoms with E-state index in [1.165, 1.54) is 17.5 Å². The van der Waals surface area contributed by atoms with Gasteiger partial charge in [0.25, 0.3) is 0 Å². The van der Waals surface area contributed by atoms with Crippen LogP contribution in [0.15, 0.2) is 24.4 Å². The number of aromatic nitrogens is 1. The van der Waals surface area contributed by atoms with Gasteiger partial charge in [-0.25, -0.2) is 4.98 Å².